The van der Waals surface area contributed by atoms with Crippen LogP contribution >= 0.6 is 0 Å². The number of allylic oxidation sites excluding steroid dienone is 1. The lowest BCUT2D eigenvalue weighted by atomic mass is 9.81. The van der Waals surface area contributed by atoms with Crippen LogP contribution in [0.15, 0.2) is 11.8 Å². The molecule has 32 heavy (non-hydrogen) atoms. The zero-order valence-corrected chi connectivity index (χ0v) is 18.0. The van der Waals surface area contributed by atoms with E-state index in [1.807, 2.05) is 0 Å². The smallest absolute Gasteiger partial charge is 0.303 e. The lowest BCUT2D eigenvalue weighted by Crippen LogP contribution is -2.61. The molecule has 0 aromatic carbocycles. The Morgan fingerprint density at radius 3 is 2.41 bits per heavy atom. The molecular weight excluding hydrogens is 432 g/mol. The van der Waals surface area contributed by atoms with Crippen LogP contribution in [-0.2, 0) is 33.3 Å². The normalized spacial score (nSPS) is 43.6. The van der Waals surface area contributed by atoms with Gasteiger partial charge in [-0.2, -0.15) is 0 Å². The van der Waals surface area contributed by atoms with Gasteiger partial charge in [0.15, 0.2) is 6.29 Å². The van der Waals surface area contributed by atoms with Gasteiger partial charge in [0.05, 0.1) is 18.8 Å². The number of rotatable bonds is 6. The van der Waals surface area contributed by atoms with Gasteiger partial charge in [0.25, 0.3) is 0 Å². The van der Waals surface area contributed by atoms with Crippen molar-refractivity contribution >= 4 is 11.9 Å². The molecule has 2 heterocycles. The molecule has 0 aromatic rings. The summed E-state index contributed by atoms with van der Waals surface area (Å²) in [6.07, 6.45) is -8.36. The topological polar surface area (TPSA) is 181 Å². The largest absolute Gasteiger partial charge is 0.472 e. The van der Waals surface area contributed by atoms with Crippen molar-refractivity contribution in [3.05, 3.63) is 11.8 Å². The summed E-state index contributed by atoms with van der Waals surface area (Å²) >= 11 is 0. The number of ether oxygens (including phenoxy) is 5. The maximum Gasteiger partial charge on any atom is 0.303 e. The molecule has 2 aliphatic heterocycles. The first-order chi connectivity index (χ1) is 15.0. The Bertz CT molecular complexity index is 738. The molecule has 1 saturated carbocycles. The second kappa shape index (κ2) is 9.59. The Morgan fingerprint density at radius 2 is 1.81 bits per heavy atom. The molecule has 0 amide bonds. The van der Waals surface area contributed by atoms with Gasteiger partial charge in [0, 0.05) is 13.8 Å². The Morgan fingerprint density at radius 1 is 1.12 bits per heavy atom. The van der Waals surface area contributed by atoms with Gasteiger partial charge in [-0.1, -0.05) is 0 Å². The number of carbonyl (C=O) groups is 2. The number of aliphatic hydroxyl groups excluding tert-OH is 4. The summed E-state index contributed by atoms with van der Waals surface area (Å²) in [7, 11) is 0. The van der Waals surface area contributed by atoms with Crippen molar-refractivity contribution in [1.29, 1.82) is 0 Å². The van der Waals surface area contributed by atoms with Gasteiger partial charge < -0.3 is 49.2 Å². The highest BCUT2D eigenvalue weighted by molar-refractivity contribution is 5.67. The van der Waals surface area contributed by atoms with Gasteiger partial charge in [-0.3, -0.25) is 9.59 Å². The second-order valence-corrected chi connectivity index (χ2v) is 8.44. The van der Waals surface area contributed by atoms with Gasteiger partial charge in [-0.15, -0.1) is 0 Å². The first-order valence-electron chi connectivity index (χ1n) is 10.3. The van der Waals surface area contributed by atoms with E-state index in [0.29, 0.717) is 0 Å². The molecule has 12 nitrogen and oxygen atoms in total. The number of hydrogen-bond acceptors (Lipinski definition) is 12. The maximum atomic E-state index is 11.6. The van der Waals surface area contributed by atoms with Crippen molar-refractivity contribution in [2.75, 3.05) is 13.2 Å². The van der Waals surface area contributed by atoms with Crippen LogP contribution < -0.4 is 0 Å². The standard InChI is InChI=1S/C20H30O12/c1-8-6-28-18(32-19-17(26)16(25)15(24)12(5-21)31-19)14-11(8)4-13(30-10(3)23)20(14,27)7-29-9(2)22/h6,11-19,21,24-27H,4-5,7H2,1-3H3/t11-,12-,13+,14-,15-,16+,17-,18+,19+,20-/m1/s1. The Labute approximate surface area is 184 Å². The summed E-state index contributed by atoms with van der Waals surface area (Å²) < 4.78 is 27.1. The second-order valence-electron chi connectivity index (χ2n) is 8.44. The van der Waals surface area contributed by atoms with E-state index < -0.39 is 85.7 Å². The van der Waals surface area contributed by atoms with Crippen LogP contribution in [0.3, 0.4) is 0 Å². The first-order valence-corrected chi connectivity index (χ1v) is 10.3. The lowest BCUT2D eigenvalue weighted by Gasteiger charge is -2.44. The van der Waals surface area contributed by atoms with Crippen molar-refractivity contribution in [3.8, 4) is 0 Å². The number of esters is 2. The van der Waals surface area contributed by atoms with Crippen LogP contribution in [-0.4, -0.2) is 99.4 Å². The van der Waals surface area contributed by atoms with Crippen LogP contribution in [0.2, 0.25) is 0 Å². The molecular formula is C20H30O12. The average Bonchev–Trinajstić information content (AvgIpc) is 3.02. The summed E-state index contributed by atoms with van der Waals surface area (Å²) in [5.74, 6) is -2.60. The van der Waals surface area contributed by atoms with Gasteiger partial charge in [-0.05, 0) is 24.8 Å². The molecule has 0 radical (unpaired) electrons. The predicted octanol–water partition coefficient (Wildman–Crippen LogP) is -2.07. The summed E-state index contributed by atoms with van der Waals surface area (Å²) in [6.45, 7) is 2.96. The van der Waals surface area contributed by atoms with E-state index in [9.17, 15) is 35.1 Å². The van der Waals surface area contributed by atoms with E-state index in [4.69, 9.17) is 23.7 Å². The molecule has 0 bridgehead atoms. The predicted molar refractivity (Wildman–Crippen MR) is 102 cm³/mol. The molecule has 0 unspecified atom stereocenters. The summed E-state index contributed by atoms with van der Waals surface area (Å²) in [5, 5.41) is 51.2. The Kier molecular flexibility index (Phi) is 7.44. The van der Waals surface area contributed by atoms with Crippen LogP contribution in [0.5, 0.6) is 0 Å². The zero-order valence-electron chi connectivity index (χ0n) is 18.0. The molecule has 5 N–H and O–H groups in total. The van der Waals surface area contributed by atoms with Crippen LogP contribution in [0, 0.1) is 11.8 Å². The third kappa shape index (κ3) is 4.62. The van der Waals surface area contributed by atoms with Crippen LogP contribution in [0.1, 0.15) is 27.2 Å². The fourth-order valence-corrected chi connectivity index (χ4v) is 4.57. The third-order valence-corrected chi connectivity index (χ3v) is 6.23. The van der Waals surface area contributed by atoms with Crippen LogP contribution in [0.4, 0.5) is 0 Å². The van der Waals surface area contributed by atoms with Gasteiger partial charge in [-0.25, -0.2) is 0 Å². The Hall–Kier alpha value is -1.80. The quantitative estimate of drug-likeness (QED) is 0.272. The molecule has 3 aliphatic rings. The van der Waals surface area contributed by atoms with Crippen LogP contribution in [0.25, 0.3) is 0 Å². The third-order valence-electron chi connectivity index (χ3n) is 6.23. The molecule has 182 valence electrons. The highest BCUT2D eigenvalue weighted by Gasteiger charge is 2.63. The molecule has 0 spiro atoms. The molecule has 10 atom stereocenters. The minimum absolute atomic E-state index is 0.197. The summed E-state index contributed by atoms with van der Waals surface area (Å²) in [6, 6.07) is 0. The van der Waals surface area contributed by atoms with Crippen molar-refractivity contribution in [3.63, 3.8) is 0 Å². The average molecular weight is 462 g/mol. The van der Waals surface area contributed by atoms with Gasteiger partial charge in [0.2, 0.25) is 6.29 Å². The van der Waals surface area contributed by atoms with E-state index in [1.54, 1.807) is 6.92 Å². The molecule has 12 heteroatoms. The fraction of sp³-hybridized carbons (Fsp3) is 0.800. The van der Waals surface area contributed by atoms with E-state index in [1.165, 1.54) is 20.1 Å². The summed E-state index contributed by atoms with van der Waals surface area (Å²) in [4.78, 5) is 23.1. The van der Waals surface area contributed by atoms with Gasteiger partial charge in [0.1, 0.15) is 42.7 Å². The zero-order chi connectivity index (χ0) is 23.8. The Balaban J connectivity index is 1.89. The fourth-order valence-electron chi connectivity index (χ4n) is 4.57. The van der Waals surface area contributed by atoms with Gasteiger partial charge >= 0.3 is 11.9 Å². The van der Waals surface area contributed by atoms with Crippen molar-refractivity contribution < 1.29 is 58.8 Å². The lowest BCUT2D eigenvalue weighted by molar-refractivity contribution is -0.348. The molecule has 2 fully saturated rings. The molecule has 0 aromatic heterocycles. The number of carbonyl (C=O) groups excluding carboxylic acids is 2. The number of fused-ring (bicyclic) bond motifs is 1. The summed E-state index contributed by atoms with van der Waals surface area (Å²) in [5.41, 5.74) is -1.17. The van der Waals surface area contributed by atoms with Crippen molar-refractivity contribution in [1.82, 2.24) is 0 Å². The highest BCUT2D eigenvalue weighted by atomic mass is 16.8. The first kappa shape index (κ1) is 24.8. The minimum Gasteiger partial charge on any atom is -0.472 e. The van der Waals surface area contributed by atoms with Crippen molar-refractivity contribution in [2.45, 2.75) is 75.9 Å². The van der Waals surface area contributed by atoms with E-state index >= 15 is 0 Å². The molecule has 1 saturated heterocycles. The molecule has 1 aliphatic carbocycles. The van der Waals surface area contributed by atoms with Crippen molar-refractivity contribution in [2.24, 2.45) is 11.8 Å². The maximum absolute atomic E-state index is 11.6. The SMILES string of the molecule is CC(=O)OC[C@]1(O)[C@H]2[C@H](O[C@@H]3O[C@H](CO)[C@@H](O)[C@H](O)[C@H]3O)OC=C(C)[C@H]2C[C@@H]1OC(C)=O. The van der Waals surface area contributed by atoms with E-state index in [2.05, 4.69) is 0 Å². The minimum atomic E-state index is -1.89. The monoisotopic (exact) mass is 462 g/mol. The highest BCUT2D eigenvalue weighted by Crippen LogP contribution is 2.50. The van der Waals surface area contributed by atoms with E-state index in [0.717, 1.165) is 5.57 Å². The molecule has 3 rings (SSSR count). The van der Waals surface area contributed by atoms with E-state index in [-0.39, 0.29) is 6.42 Å². The number of hydrogen-bond donors (Lipinski definition) is 5. The number of aliphatic hydroxyl groups is 5.